The van der Waals surface area contributed by atoms with Crippen molar-refractivity contribution in [2.45, 2.75) is 105 Å². The summed E-state index contributed by atoms with van der Waals surface area (Å²) in [6, 6.07) is -4.13. The molecular formula is C34H57N7O7S. The van der Waals surface area contributed by atoms with Crippen molar-refractivity contribution < 1.29 is 32.4 Å². The molecule has 6 atom stereocenters. The molecule has 15 heteroatoms. The molecule has 2 heterocycles. The van der Waals surface area contributed by atoms with Gasteiger partial charge in [0.05, 0.1) is 6.04 Å². The highest BCUT2D eigenvalue weighted by molar-refractivity contribution is 7.87. The van der Waals surface area contributed by atoms with Gasteiger partial charge in [0.2, 0.25) is 17.6 Å². The van der Waals surface area contributed by atoms with Gasteiger partial charge in [-0.3, -0.25) is 19.2 Å². The van der Waals surface area contributed by atoms with Gasteiger partial charge in [-0.15, -0.1) is 6.58 Å². The van der Waals surface area contributed by atoms with Crippen molar-refractivity contribution in [3.63, 3.8) is 0 Å². The molecule has 276 valence electrons. The largest absolute Gasteiger partial charge is 0.346 e. The number of hydrogen-bond donors (Lipinski definition) is 5. The van der Waals surface area contributed by atoms with E-state index in [4.69, 9.17) is 0 Å². The lowest BCUT2D eigenvalue weighted by molar-refractivity contribution is -0.145. The standard InChI is InChI=1S/C34H57N7O7S/c1-10-14-35-29(44)26(42)22(17-20-12-13-20)37-28(43)25-24-21(34(24,8)9)18-41(25)30(45)27(33(5,6)7)39-31(46)38-23(32(2,3)4)19-40-16-11-15-36-49(40,47)48/h10,20-25,27,36H,1,11-19H2,2-9H3,(H,35,44)(H,37,43)(H2,38,39,46)/t21-,22?,23?,24-,25-,27+/m0/s1. The first-order valence-electron chi connectivity index (χ1n) is 17.4. The number of Topliss-reactive ketones (excluding diaryl/α,β-unsaturated/α-hetero) is 1. The van der Waals surface area contributed by atoms with E-state index >= 15 is 0 Å². The molecule has 2 saturated carbocycles. The molecule has 0 aromatic heterocycles. The van der Waals surface area contributed by atoms with Crippen LogP contribution in [0.1, 0.15) is 81.1 Å². The number of fused-ring (bicyclic) bond motifs is 1. The molecule has 2 unspecified atom stereocenters. The Morgan fingerprint density at radius 1 is 1.00 bits per heavy atom. The quantitative estimate of drug-likeness (QED) is 0.141. The molecule has 0 bridgehead atoms. The third-order valence-electron chi connectivity index (χ3n) is 10.6. The van der Waals surface area contributed by atoms with E-state index < -0.39 is 74.7 Å². The van der Waals surface area contributed by atoms with Gasteiger partial charge in [0.1, 0.15) is 12.1 Å². The summed E-state index contributed by atoms with van der Waals surface area (Å²) < 4.78 is 29.1. The van der Waals surface area contributed by atoms with Crippen molar-refractivity contribution in [3.05, 3.63) is 12.7 Å². The fourth-order valence-corrected chi connectivity index (χ4v) is 8.44. The number of rotatable bonds is 13. The second-order valence-electron chi connectivity index (χ2n) is 16.9. The normalized spacial score (nSPS) is 26.4. The summed E-state index contributed by atoms with van der Waals surface area (Å²) in [7, 11) is -3.67. The van der Waals surface area contributed by atoms with Gasteiger partial charge >= 0.3 is 6.03 Å². The zero-order valence-corrected chi connectivity index (χ0v) is 31.2. The summed E-state index contributed by atoms with van der Waals surface area (Å²) in [4.78, 5) is 69.3. The van der Waals surface area contributed by atoms with Gasteiger partial charge in [0, 0.05) is 38.8 Å². The molecule has 5 amide bonds. The number of carbonyl (C=O) groups excluding carboxylic acids is 5. The maximum absolute atomic E-state index is 14.4. The third-order valence-corrected chi connectivity index (χ3v) is 12.2. The van der Waals surface area contributed by atoms with Crippen molar-refractivity contribution in [2.75, 3.05) is 32.7 Å². The van der Waals surface area contributed by atoms with E-state index in [0.717, 1.165) is 12.8 Å². The zero-order chi connectivity index (χ0) is 36.7. The molecular weight excluding hydrogens is 650 g/mol. The maximum atomic E-state index is 14.4. The molecule has 2 aliphatic carbocycles. The molecule has 4 aliphatic rings. The molecule has 0 radical (unpaired) electrons. The summed E-state index contributed by atoms with van der Waals surface area (Å²) in [5, 5.41) is 11.1. The Morgan fingerprint density at radius 2 is 1.65 bits per heavy atom. The van der Waals surface area contributed by atoms with E-state index in [0.29, 0.717) is 32.5 Å². The molecule has 0 aromatic rings. The van der Waals surface area contributed by atoms with Gasteiger partial charge in [-0.2, -0.15) is 12.7 Å². The summed E-state index contributed by atoms with van der Waals surface area (Å²) >= 11 is 0. The molecule has 14 nitrogen and oxygen atoms in total. The second kappa shape index (κ2) is 14.3. The molecule has 0 aromatic carbocycles. The van der Waals surface area contributed by atoms with Crippen LogP contribution in [-0.2, 0) is 29.4 Å². The van der Waals surface area contributed by atoms with Crippen molar-refractivity contribution in [3.8, 4) is 0 Å². The number of piperidine rings is 1. The number of hydrogen-bond acceptors (Lipinski definition) is 7. The van der Waals surface area contributed by atoms with Crippen molar-refractivity contribution >= 4 is 39.7 Å². The Bertz CT molecular complexity index is 1430. The number of urea groups is 1. The number of carbonyl (C=O) groups is 5. The molecule has 4 fully saturated rings. The summed E-state index contributed by atoms with van der Waals surface area (Å²) in [5.74, 6) is -2.28. The van der Waals surface area contributed by atoms with Crippen LogP contribution < -0.4 is 26.0 Å². The monoisotopic (exact) mass is 707 g/mol. The van der Waals surface area contributed by atoms with Crippen molar-refractivity contribution in [1.29, 1.82) is 0 Å². The minimum Gasteiger partial charge on any atom is -0.346 e. The van der Waals surface area contributed by atoms with Crippen LogP contribution in [0.15, 0.2) is 12.7 Å². The number of nitrogens with zero attached hydrogens (tertiary/aromatic N) is 2. The van der Waals surface area contributed by atoms with Gasteiger partial charge in [-0.1, -0.05) is 74.3 Å². The SMILES string of the molecule is C=CCNC(=O)C(=O)C(CC1CC1)NC(=O)[C@@H]1[C@@H]2[C@H](CN1C(=O)[C@@H](NC(=O)NC(CN1CCCNS1(=O)=O)C(C)(C)C)C(C)(C)C)C2(C)C. The Balaban J connectivity index is 1.52. The number of amides is 5. The first kappa shape index (κ1) is 38.8. The summed E-state index contributed by atoms with van der Waals surface area (Å²) in [6.07, 6.45) is 4.30. The molecule has 2 aliphatic heterocycles. The first-order valence-corrected chi connectivity index (χ1v) is 18.9. The van der Waals surface area contributed by atoms with E-state index in [1.165, 1.54) is 15.3 Å². The second-order valence-corrected chi connectivity index (χ2v) is 18.7. The van der Waals surface area contributed by atoms with Crippen molar-refractivity contribution in [2.24, 2.45) is 34.0 Å². The molecule has 5 N–H and O–H groups in total. The Labute approximate surface area is 291 Å². The zero-order valence-electron chi connectivity index (χ0n) is 30.4. The maximum Gasteiger partial charge on any atom is 0.315 e. The van der Waals surface area contributed by atoms with Crippen LogP contribution in [0.2, 0.25) is 0 Å². The average Bonchev–Trinajstić information content (AvgIpc) is 3.84. The first-order chi connectivity index (χ1) is 22.6. The smallest absolute Gasteiger partial charge is 0.315 e. The minimum atomic E-state index is -3.67. The third kappa shape index (κ3) is 9.01. The summed E-state index contributed by atoms with van der Waals surface area (Å²) in [5.41, 5.74) is -1.49. The lowest BCUT2D eigenvalue weighted by atomic mass is 9.85. The van der Waals surface area contributed by atoms with Crippen molar-refractivity contribution in [1.82, 2.24) is 35.2 Å². The lowest BCUT2D eigenvalue weighted by Gasteiger charge is -2.39. The molecule has 0 spiro atoms. The Hall–Kier alpha value is -3.04. The van der Waals surface area contributed by atoms with Gasteiger partial charge in [0.25, 0.3) is 16.1 Å². The number of likely N-dealkylation sites (tertiary alicyclic amines) is 1. The Kier molecular flexibility index (Phi) is 11.3. The fourth-order valence-electron chi connectivity index (χ4n) is 7.14. The highest BCUT2D eigenvalue weighted by Crippen LogP contribution is 2.65. The van der Waals surface area contributed by atoms with Crippen LogP contribution in [0.3, 0.4) is 0 Å². The van der Waals surface area contributed by atoms with E-state index in [2.05, 4.69) is 46.4 Å². The van der Waals surface area contributed by atoms with Gasteiger partial charge in [0.15, 0.2) is 0 Å². The highest BCUT2D eigenvalue weighted by atomic mass is 32.2. The predicted octanol–water partition coefficient (Wildman–Crippen LogP) is 1.29. The number of ketones is 1. The number of nitrogens with one attached hydrogen (secondary N) is 5. The minimum absolute atomic E-state index is 0.0551. The highest BCUT2D eigenvalue weighted by Gasteiger charge is 2.70. The molecule has 4 rings (SSSR count). The van der Waals surface area contributed by atoms with E-state index in [-0.39, 0.29) is 36.3 Å². The predicted molar refractivity (Wildman–Crippen MR) is 185 cm³/mol. The molecule has 49 heavy (non-hydrogen) atoms. The average molecular weight is 708 g/mol. The van der Waals surface area contributed by atoms with Crippen LogP contribution in [0.25, 0.3) is 0 Å². The summed E-state index contributed by atoms with van der Waals surface area (Å²) in [6.45, 7) is 20.0. The fraction of sp³-hybridized carbons (Fsp3) is 0.794. The van der Waals surface area contributed by atoms with Gasteiger partial charge in [-0.25, -0.2) is 9.52 Å². The van der Waals surface area contributed by atoms with Crippen LogP contribution in [0, 0.1) is 34.0 Å². The van der Waals surface area contributed by atoms with E-state index in [1.54, 1.807) is 0 Å². The van der Waals surface area contributed by atoms with Gasteiger partial charge < -0.3 is 26.2 Å². The van der Waals surface area contributed by atoms with Crippen LogP contribution >= 0.6 is 0 Å². The Morgan fingerprint density at radius 3 is 2.20 bits per heavy atom. The van der Waals surface area contributed by atoms with E-state index in [9.17, 15) is 32.4 Å². The lowest BCUT2D eigenvalue weighted by Crippen LogP contribution is -2.63. The van der Waals surface area contributed by atoms with Gasteiger partial charge in [-0.05, 0) is 46.8 Å². The van der Waals surface area contributed by atoms with Crippen LogP contribution in [0.4, 0.5) is 4.79 Å². The van der Waals surface area contributed by atoms with Crippen LogP contribution in [-0.4, -0.2) is 104 Å². The topological polar surface area (TPSA) is 186 Å². The molecule has 2 saturated heterocycles. The van der Waals surface area contributed by atoms with Crippen LogP contribution in [0.5, 0.6) is 0 Å². The van der Waals surface area contributed by atoms with E-state index in [1.807, 2.05) is 41.5 Å².